The normalized spacial score (nSPS) is 18.8. The van der Waals surface area contributed by atoms with Gasteiger partial charge in [-0.05, 0) is 38.8 Å². The summed E-state index contributed by atoms with van der Waals surface area (Å²) in [6.07, 6.45) is 2.08. The minimum atomic E-state index is -0.0789. The molecule has 1 N–H and O–H groups in total. The van der Waals surface area contributed by atoms with Gasteiger partial charge in [0.1, 0.15) is 5.82 Å². The van der Waals surface area contributed by atoms with Gasteiger partial charge >= 0.3 is 0 Å². The zero-order chi connectivity index (χ0) is 14.8. The predicted molar refractivity (Wildman–Crippen MR) is 80.6 cm³/mol. The highest BCUT2D eigenvalue weighted by Crippen LogP contribution is 2.26. The van der Waals surface area contributed by atoms with Crippen molar-refractivity contribution >= 4 is 5.82 Å². The molecule has 1 aliphatic rings. The molecule has 0 aromatic carbocycles. The highest BCUT2D eigenvalue weighted by atomic mass is 16.1. The molecule has 2 aromatic heterocycles. The van der Waals surface area contributed by atoms with Crippen molar-refractivity contribution in [1.29, 1.82) is 0 Å². The van der Waals surface area contributed by atoms with Crippen LogP contribution in [-0.2, 0) is 0 Å². The number of aromatic nitrogens is 4. The Hall–Kier alpha value is -2.24. The minimum Gasteiger partial charge on any atom is -0.354 e. The number of aromatic amines is 1. The average molecular weight is 285 g/mol. The fourth-order valence-corrected chi connectivity index (χ4v) is 2.76. The Morgan fingerprint density at radius 1 is 1.24 bits per heavy atom. The maximum atomic E-state index is 11.6. The predicted octanol–water partition coefficient (Wildman–Crippen LogP) is 1.56. The molecule has 1 fully saturated rings. The van der Waals surface area contributed by atoms with E-state index in [1.165, 1.54) is 6.07 Å². The van der Waals surface area contributed by atoms with E-state index in [-0.39, 0.29) is 11.5 Å². The van der Waals surface area contributed by atoms with Gasteiger partial charge in [0, 0.05) is 30.8 Å². The third-order valence-electron chi connectivity index (χ3n) is 3.80. The summed E-state index contributed by atoms with van der Waals surface area (Å²) in [4.78, 5) is 21.2. The van der Waals surface area contributed by atoms with E-state index in [4.69, 9.17) is 0 Å². The van der Waals surface area contributed by atoms with Crippen LogP contribution in [-0.4, -0.2) is 33.3 Å². The fourth-order valence-electron chi connectivity index (χ4n) is 2.76. The summed E-state index contributed by atoms with van der Waals surface area (Å²) in [7, 11) is 0. The summed E-state index contributed by atoms with van der Waals surface area (Å²) in [5.74, 6) is 1.90. The molecule has 3 heterocycles. The summed E-state index contributed by atoms with van der Waals surface area (Å²) in [5.41, 5.74) is 1.60. The lowest BCUT2D eigenvalue weighted by Crippen LogP contribution is -2.36. The van der Waals surface area contributed by atoms with Gasteiger partial charge in [0.25, 0.3) is 5.56 Å². The first-order valence-corrected chi connectivity index (χ1v) is 7.25. The highest BCUT2D eigenvalue weighted by Gasteiger charge is 2.24. The Labute approximate surface area is 123 Å². The van der Waals surface area contributed by atoms with Gasteiger partial charge in [0.15, 0.2) is 5.82 Å². The quantitative estimate of drug-likeness (QED) is 0.906. The molecule has 0 spiro atoms. The topological polar surface area (TPSA) is 74.8 Å². The molecule has 0 saturated carbocycles. The summed E-state index contributed by atoms with van der Waals surface area (Å²) in [6.45, 7) is 5.55. The monoisotopic (exact) mass is 285 g/mol. The van der Waals surface area contributed by atoms with Gasteiger partial charge in [-0.15, -0.1) is 5.10 Å². The lowest BCUT2D eigenvalue weighted by Gasteiger charge is -2.32. The third-order valence-corrected chi connectivity index (χ3v) is 3.80. The van der Waals surface area contributed by atoms with E-state index in [9.17, 15) is 4.79 Å². The second-order valence-corrected chi connectivity index (χ2v) is 5.59. The molecule has 6 heteroatoms. The van der Waals surface area contributed by atoms with Crippen LogP contribution in [0.3, 0.4) is 0 Å². The molecule has 0 amide bonds. The van der Waals surface area contributed by atoms with Crippen LogP contribution in [0.4, 0.5) is 5.82 Å². The zero-order valence-corrected chi connectivity index (χ0v) is 12.3. The number of hydrogen-bond donors (Lipinski definition) is 1. The largest absolute Gasteiger partial charge is 0.354 e. The number of nitrogens with one attached hydrogen (secondary N) is 1. The fraction of sp³-hybridized carbons (Fsp3) is 0.467. The number of anilines is 1. The number of hydrogen-bond acceptors (Lipinski definition) is 5. The average Bonchev–Trinajstić information content (AvgIpc) is 2.47. The lowest BCUT2D eigenvalue weighted by molar-refractivity contribution is 0.485. The Morgan fingerprint density at radius 3 is 2.81 bits per heavy atom. The number of nitrogens with zero attached hydrogens (tertiary/aromatic N) is 4. The Balaban J connectivity index is 1.82. The van der Waals surface area contributed by atoms with E-state index in [1.54, 1.807) is 0 Å². The van der Waals surface area contributed by atoms with Gasteiger partial charge in [-0.1, -0.05) is 0 Å². The van der Waals surface area contributed by atoms with Crippen LogP contribution in [0.2, 0.25) is 0 Å². The Morgan fingerprint density at radius 2 is 2.10 bits per heavy atom. The standard InChI is InChI=1S/C15H19N5O/c1-10-5-6-13(19-18-10)20-7-3-4-12(9-20)15-16-11(2)8-14(21)17-15/h5-6,8,12H,3-4,7,9H2,1-2H3,(H,16,17,21). The maximum absolute atomic E-state index is 11.6. The molecular weight excluding hydrogens is 266 g/mol. The van der Waals surface area contributed by atoms with E-state index < -0.39 is 0 Å². The molecule has 110 valence electrons. The first-order valence-electron chi connectivity index (χ1n) is 7.25. The molecule has 0 aliphatic carbocycles. The third kappa shape index (κ3) is 3.09. The van der Waals surface area contributed by atoms with Gasteiger partial charge in [0.2, 0.25) is 0 Å². The molecular formula is C15H19N5O. The van der Waals surface area contributed by atoms with Crippen molar-refractivity contribution in [2.24, 2.45) is 0 Å². The van der Waals surface area contributed by atoms with Crippen molar-refractivity contribution in [2.75, 3.05) is 18.0 Å². The van der Waals surface area contributed by atoms with Crippen molar-refractivity contribution in [2.45, 2.75) is 32.6 Å². The molecule has 3 rings (SSSR count). The highest BCUT2D eigenvalue weighted by molar-refractivity contribution is 5.38. The number of aryl methyl sites for hydroxylation is 2. The van der Waals surface area contributed by atoms with Crippen LogP contribution in [0.15, 0.2) is 23.0 Å². The van der Waals surface area contributed by atoms with Gasteiger partial charge in [-0.25, -0.2) is 4.98 Å². The van der Waals surface area contributed by atoms with Crippen LogP contribution < -0.4 is 10.5 Å². The van der Waals surface area contributed by atoms with Gasteiger partial charge in [0.05, 0.1) is 5.69 Å². The van der Waals surface area contributed by atoms with Crippen LogP contribution in [0.1, 0.15) is 36.0 Å². The van der Waals surface area contributed by atoms with Crippen LogP contribution >= 0.6 is 0 Å². The van der Waals surface area contributed by atoms with Crippen LogP contribution in [0.5, 0.6) is 0 Å². The van der Waals surface area contributed by atoms with Gasteiger partial charge in [-0.3, -0.25) is 4.79 Å². The van der Waals surface area contributed by atoms with Gasteiger partial charge < -0.3 is 9.88 Å². The lowest BCUT2D eigenvalue weighted by atomic mass is 9.97. The number of H-pyrrole nitrogens is 1. The van der Waals surface area contributed by atoms with Crippen molar-refractivity contribution in [3.63, 3.8) is 0 Å². The first-order chi connectivity index (χ1) is 10.1. The molecule has 1 aliphatic heterocycles. The van der Waals surface area contributed by atoms with Gasteiger partial charge in [-0.2, -0.15) is 5.10 Å². The molecule has 6 nitrogen and oxygen atoms in total. The second kappa shape index (κ2) is 5.63. The van der Waals surface area contributed by atoms with E-state index in [2.05, 4.69) is 25.1 Å². The van der Waals surface area contributed by atoms with E-state index in [0.717, 1.165) is 49.0 Å². The summed E-state index contributed by atoms with van der Waals surface area (Å²) >= 11 is 0. The molecule has 0 bridgehead atoms. The minimum absolute atomic E-state index is 0.0789. The second-order valence-electron chi connectivity index (χ2n) is 5.59. The summed E-state index contributed by atoms with van der Waals surface area (Å²) in [5, 5.41) is 8.36. The van der Waals surface area contributed by atoms with E-state index in [0.29, 0.717) is 0 Å². The van der Waals surface area contributed by atoms with Crippen LogP contribution in [0, 0.1) is 13.8 Å². The van der Waals surface area contributed by atoms with Crippen molar-refractivity contribution in [3.8, 4) is 0 Å². The molecule has 1 atom stereocenters. The maximum Gasteiger partial charge on any atom is 0.251 e. The summed E-state index contributed by atoms with van der Waals surface area (Å²) in [6, 6.07) is 5.49. The smallest absolute Gasteiger partial charge is 0.251 e. The Bertz CT molecular complexity index is 679. The van der Waals surface area contributed by atoms with E-state index in [1.807, 2.05) is 26.0 Å². The first kappa shape index (κ1) is 13.7. The molecule has 2 aromatic rings. The molecule has 1 unspecified atom stereocenters. The van der Waals surface area contributed by atoms with Crippen molar-refractivity contribution in [1.82, 2.24) is 20.2 Å². The number of piperidine rings is 1. The summed E-state index contributed by atoms with van der Waals surface area (Å²) < 4.78 is 0. The molecule has 21 heavy (non-hydrogen) atoms. The number of rotatable bonds is 2. The Kier molecular flexibility index (Phi) is 3.68. The zero-order valence-electron chi connectivity index (χ0n) is 12.3. The molecule has 0 radical (unpaired) electrons. The SMILES string of the molecule is Cc1ccc(N2CCCC(c3nc(C)cc(=O)[nH]3)C2)nn1. The molecule has 1 saturated heterocycles. The van der Waals surface area contributed by atoms with E-state index >= 15 is 0 Å². The van der Waals surface area contributed by atoms with Crippen molar-refractivity contribution < 1.29 is 0 Å². The van der Waals surface area contributed by atoms with Crippen LogP contribution in [0.25, 0.3) is 0 Å². The van der Waals surface area contributed by atoms with Crippen molar-refractivity contribution in [3.05, 3.63) is 45.8 Å².